The van der Waals surface area contributed by atoms with Gasteiger partial charge in [0.2, 0.25) is 21.8 Å². The first-order chi connectivity index (χ1) is 15.8. The lowest BCUT2D eigenvalue weighted by molar-refractivity contribution is -0.139. The highest BCUT2D eigenvalue weighted by Crippen LogP contribution is 2.27. The molecular weight excluding hydrogens is 521 g/mol. The lowest BCUT2D eigenvalue weighted by atomic mass is 10.1. The molecule has 0 aromatic heterocycles. The minimum Gasteiger partial charge on any atom is -0.352 e. The zero-order chi connectivity index (χ0) is 25.6. The molecule has 2 atom stereocenters. The van der Waals surface area contributed by atoms with Crippen molar-refractivity contribution in [3.63, 3.8) is 0 Å². The first-order valence-electron chi connectivity index (χ1n) is 10.6. The fourth-order valence-corrected chi connectivity index (χ4v) is 4.61. The van der Waals surface area contributed by atoms with E-state index in [9.17, 15) is 18.0 Å². The fraction of sp³-hybridized carbons (Fsp3) is 0.391. The van der Waals surface area contributed by atoms with Crippen molar-refractivity contribution in [3.05, 3.63) is 63.1 Å². The molecule has 11 heteroatoms. The second-order valence-corrected chi connectivity index (χ2v) is 11.3. The van der Waals surface area contributed by atoms with Crippen LogP contribution in [0.2, 0.25) is 15.1 Å². The Morgan fingerprint density at radius 1 is 0.971 bits per heavy atom. The van der Waals surface area contributed by atoms with E-state index in [-0.39, 0.29) is 34.2 Å². The first-order valence-corrected chi connectivity index (χ1v) is 13.6. The van der Waals surface area contributed by atoms with E-state index in [2.05, 4.69) is 5.32 Å². The van der Waals surface area contributed by atoms with Gasteiger partial charge in [0.1, 0.15) is 12.6 Å². The van der Waals surface area contributed by atoms with Crippen LogP contribution in [0.1, 0.15) is 32.8 Å². The number of carbonyl (C=O) groups excluding carboxylic acids is 2. The van der Waals surface area contributed by atoms with E-state index in [4.69, 9.17) is 34.8 Å². The zero-order valence-electron chi connectivity index (χ0n) is 19.4. The Balaban J connectivity index is 2.41. The molecule has 2 aromatic carbocycles. The summed E-state index contributed by atoms with van der Waals surface area (Å²) in [6.07, 6.45) is 1.71. The normalized spacial score (nSPS) is 13.1. The predicted molar refractivity (Wildman–Crippen MR) is 138 cm³/mol. The highest BCUT2D eigenvalue weighted by Gasteiger charge is 2.30. The molecular formula is C23H28Cl3N3O4S. The van der Waals surface area contributed by atoms with Crippen LogP contribution in [0.5, 0.6) is 0 Å². The molecule has 2 aromatic rings. The lowest BCUT2D eigenvalue weighted by Gasteiger charge is -2.32. The van der Waals surface area contributed by atoms with Crippen LogP contribution in [0, 0.1) is 0 Å². The van der Waals surface area contributed by atoms with Gasteiger partial charge in [-0.25, -0.2) is 8.42 Å². The van der Waals surface area contributed by atoms with Crippen molar-refractivity contribution in [1.82, 2.24) is 10.2 Å². The molecule has 0 aliphatic carbocycles. The average Bonchev–Trinajstić information content (AvgIpc) is 2.74. The van der Waals surface area contributed by atoms with Crippen molar-refractivity contribution in [2.75, 3.05) is 17.1 Å². The Morgan fingerprint density at radius 2 is 1.53 bits per heavy atom. The number of benzene rings is 2. The standard InChI is InChI=1S/C23H28Cl3N3O4S/c1-5-15(2)27-23(31)16(3)28(13-17-6-8-18(24)9-7-17)22(30)14-29(34(4,32)33)21-11-19(25)10-20(26)12-21/h6-12,15-16H,5,13-14H2,1-4H3,(H,27,31)/t15-,16-/m0/s1. The molecule has 186 valence electrons. The van der Waals surface area contributed by atoms with Gasteiger partial charge in [-0.05, 0) is 56.2 Å². The van der Waals surface area contributed by atoms with Gasteiger partial charge in [-0.2, -0.15) is 0 Å². The summed E-state index contributed by atoms with van der Waals surface area (Å²) < 4.78 is 26.1. The molecule has 0 unspecified atom stereocenters. The Kier molecular flexibility index (Phi) is 10.1. The van der Waals surface area contributed by atoms with Gasteiger partial charge in [0.25, 0.3) is 0 Å². The largest absolute Gasteiger partial charge is 0.352 e. The zero-order valence-corrected chi connectivity index (χ0v) is 22.5. The quantitative estimate of drug-likeness (QED) is 0.464. The number of sulfonamides is 1. The molecule has 0 aliphatic rings. The molecule has 0 radical (unpaired) electrons. The average molecular weight is 549 g/mol. The maximum atomic E-state index is 13.5. The van der Waals surface area contributed by atoms with Gasteiger partial charge in [-0.15, -0.1) is 0 Å². The molecule has 0 heterocycles. The van der Waals surface area contributed by atoms with E-state index in [1.807, 2.05) is 13.8 Å². The van der Waals surface area contributed by atoms with Crippen molar-refractivity contribution < 1.29 is 18.0 Å². The van der Waals surface area contributed by atoms with E-state index < -0.39 is 28.5 Å². The van der Waals surface area contributed by atoms with Gasteiger partial charge < -0.3 is 10.2 Å². The number of hydrogen-bond donors (Lipinski definition) is 1. The molecule has 0 bridgehead atoms. The van der Waals surface area contributed by atoms with Gasteiger partial charge in [0.15, 0.2) is 0 Å². The van der Waals surface area contributed by atoms with Gasteiger partial charge in [0, 0.05) is 27.7 Å². The number of rotatable bonds is 10. The van der Waals surface area contributed by atoms with Crippen LogP contribution in [0.4, 0.5) is 5.69 Å². The Labute approximate surface area is 216 Å². The van der Waals surface area contributed by atoms with Gasteiger partial charge in [-0.3, -0.25) is 13.9 Å². The number of hydrogen-bond acceptors (Lipinski definition) is 4. The second kappa shape index (κ2) is 12.1. The van der Waals surface area contributed by atoms with E-state index in [0.29, 0.717) is 5.02 Å². The third-order valence-corrected chi connectivity index (χ3v) is 7.08. The molecule has 2 amide bonds. The number of nitrogens with zero attached hydrogens (tertiary/aromatic N) is 2. The Bertz CT molecular complexity index is 1110. The van der Waals surface area contributed by atoms with Gasteiger partial charge in [-0.1, -0.05) is 53.9 Å². The van der Waals surface area contributed by atoms with Crippen molar-refractivity contribution in [2.24, 2.45) is 0 Å². The summed E-state index contributed by atoms with van der Waals surface area (Å²) in [6, 6.07) is 10.2. The molecule has 1 N–H and O–H groups in total. The number of halogens is 3. The third-order valence-electron chi connectivity index (χ3n) is 5.25. The van der Waals surface area contributed by atoms with Crippen LogP contribution in [0.15, 0.2) is 42.5 Å². The first kappa shape index (κ1) is 28.2. The molecule has 0 fully saturated rings. The highest BCUT2D eigenvalue weighted by molar-refractivity contribution is 7.92. The van der Waals surface area contributed by atoms with Crippen LogP contribution in [-0.2, 0) is 26.2 Å². The summed E-state index contributed by atoms with van der Waals surface area (Å²) in [5, 5.41) is 3.85. The number of nitrogens with one attached hydrogen (secondary N) is 1. The van der Waals surface area contributed by atoms with E-state index in [1.54, 1.807) is 31.2 Å². The number of anilines is 1. The molecule has 0 saturated heterocycles. The molecule has 0 aliphatic heterocycles. The monoisotopic (exact) mass is 547 g/mol. The summed E-state index contributed by atoms with van der Waals surface area (Å²) in [7, 11) is -3.88. The Hall–Kier alpha value is -2.00. The van der Waals surface area contributed by atoms with Crippen LogP contribution in [0.3, 0.4) is 0 Å². The third kappa shape index (κ3) is 8.05. The maximum absolute atomic E-state index is 13.5. The van der Waals surface area contributed by atoms with Crippen molar-refractivity contribution >= 4 is 62.3 Å². The topological polar surface area (TPSA) is 86.8 Å². The molecule has 0 saturated carbocycles. The van der Waals surface area contributed by atoms with E-state index in [0.717, 1.165) is 22.5 Å². The summed E-state index contributed by atoms with van der Waals surface area (Å²) in [5.74, 6) is -0.906. The smallest absolute Gasteiger partial charge is 0.244 e. The van der Waals surface area contributed by atoms with E-state index >= 15 is 0 Å². The van der Waals surface area contributed by atoms with E-state index in [1.165, 1.54) is 23.1 Å². The van der Waals surface area contributed by atoms with Crippen LogP contribution in [0.25, 0.3) is 0 Å². The molecule has 2 rings (SSSR count). The van der Waals surface area contributed by atoms with Crippen molar-refractivity contribution in [1.29, 1.82) is 0 Å². The molecule has 0 spiro atoms. The van der Waals surface area contributed by atoms with Crippen LogP contribution >= 0.6 is 34.8 Å². The molecule has 7 nitrogen and oxygen atoms in total. The lowest BCUT2D eigenvalue weighted by Crippen LogP contribution is -2.52. The summed E-state index contributed by atoms with van der Waals surface area (Å²) in [5.41, 5.74) is 0.883. The van der Waals surface area contributed by atoms with Gasteiger partial charge >= 0.3 is 0 Å². The molecule has 34 heavy (non-hydrogen) atoms. The minimum atomic E-state index is -3.88. The minimum absolute atomic E-state index is 0.0800. The second-order valence-electron chi connectivity index (χ2n) is 8.04. The highest BCUT2D eigenvalue weighted by atomic mass is 35.5. The number of amides is 2. The predicted octanol–water partition coefficient (Wildman–Crippen LogP) is 4.74. The van der Waals surface area contributed by atoms with Crippen molar-refractivity contribution in [2.45, 2.75) is 45.8 Å². The van der Waals surface area contributed by atoms with Gasteiger partial charge in [0.05, 0.1) is 11.9 Å². The number of carbonyl (C=O) groups is 2. The SMILES string of the molecule is CC[C@H](C)NC(=O)[C@H](C)N(Cc1ccc(Cl)cc1)C(=O)CN(c1cc(Cl)cc(Cl)c1)S(C)(=O)=O. The fourth-order valence-electron chi connectivity index (χ4n) is 3.13. The van der Waals surface area contributed by atoms with Crippen molar-refractivity contribution in [3.8, 4) is 0 Å². The van der Waals surface area contributed by atoms with Crippen LogP contribution in [-0.4, -0.2) is 50.0 Å². The van der Waals surface area contributed by atoms with Crippen LogP contribution < -0.4 is 9.62 Å². The summed E-state index contributed by atoms with van der Waals surface area (Å²) in [6.45, 7) is 4.95. The summed E-state index contributed by atoms with van der Waals surface area (Å²) >= 11 is 18.1. The maximum Gasteiger partial charge on any atom is 0.244 e. The summed E-state index contributed by atoms with van der Waals surface area (Å²) in [4.78, 5) is 27.7. The Morgan fingerprint density at radius 3 is 2.03 bits per heavy atom.